The van der Waals surface area contributed by atoms with Crippen LogP contribution in [0, 0.1) is 20.8 Å². The van der Waals surface area contributed by atoms with Gasteiger partial charge in [0.2, 0.25) is 0 Å². The number of aryl methyl sites for hydroxylation is 4. The molecule has 0 unspecified atom stereocenters. The molecule has 0 radical (unpaired) electrons. The zero-order valence-electron chi connectivity index (χ0n) is 17.5. The monoisotopic (exact) mass is 384 g/mol. The summed E-state index contributed by atoms with van der Waals surface area (Å²) in [7, 11) is 0. The fourth-order valence-corrected chi connectivity index (χ4v) is 3.88. The molecule has 0 aliphatic carbocycles. The molecule has 3 aromatic carbocycles. The minimum Gasteiger partial charge on any atom is -0.493 e. The number of ether oxygens (including phenoxy) is 1. The fraction of sp³-hybridized carbons (Fsp3) is 0.269. The predicted octanol–water partition coefficient (Wildman–Crippen LogP) is 6.49. The van der Waals surface area contributed by atoms with Crippen molar-refractivity contribution in [2.75, 3.05) is 6.61 Å². The Labute approximate surface area is 173 Å². The van der Waals surface area contributed by atoms with Crippen LogP contribution >= 0.6 is 0 Å². The second-order valence-electron chi connectivity index (χ2n) is 7.72. The molecule has 0 bridgehead atoms. The van der Waals surface area contributed by atoms with Gasteiger partial charge in [-0.1, -0.05) is 54.1 Å². The number of rotatable bonds is 7. The number of para-hydroxylation sites is 3. The van der Waals surface area contributed by atoms with Crippen LogP contribution in [0.25, 0.3) is 22.4 Å². The van der Waals surface area contributed by atoms with Crippen LogP contribution in [0.2, 0.25) is 0 Å². The van der Waals surface area contributed by atoms with Gasteiger partial charge < -0.3 is 9.30 Å². The second-order valence-corrected chi connectivity index (χ2v) is 7.72. The zero-order chi connectivity index (χ0) is 20.2. The number of hydrogen-bond donors (Lipinski definition) is 0. The molecular formula is C26H28N2O. The van der Waals surface area contributed by atoms with Crippen LogP contribution in [0.4, 0.5) is 0 Å². The Kier molecular flexibility index (Phi) is 5.66. The van der Waals surface area contributed by atoms with E-state index in [2.05, 4.69) is 92.1 Å². The van der Waals surface area contributed by atoms with E-state index in [9.17, 15) is 0 Å². The summed E-state index contributed by atoms with van der Waals surface area (Å²) in [6.07, 6.45) is 2.05. The van der Waals surface area contributed by atoms with Gasteiger partial charge in [0.15, 0.2) is 0 Å². The second kappa shape index (κ2) is 8.52. The fourth-order valence-electron chi connectivity index (χ4n) is 3.88. The molecule has 1 aromatic heterocycles. The van der Waals surface area contributed by atoms with Crippen molar-refractivity contribution in [2.45, 2.75) is 40.2 Å². The molecule has 4 rings (SSSR count). The van der Waals surface area contributed by atoms with Crippen molar-refractivity contribution < 1.29 is 4.74 Å². The van der Waals surface area contributed by atoms with Crippen LogP contribution in [-0.4, -0.2) is 16.2 Å². The average Bonchev–Trinajstić information content (AvgIpc) is 3.08. The van der Waals surface area contributed by atoms with Crippen LogP contribution in [0.5, 0.6) is 5.75 Å². The summed E-state index contributed by atoms with van der Waals surface area (Å²) in [6.45, 7) is 8.00. The maximum Gasteiger partial charge on any atom is 0.141 e. The summed E-state index contributed by atoms with van der Waals surface area (Å²) in [5, 5.41) is 0. The topological polar surface area (TPSA) is 27.1 Å². The van der Waals surface area contributed by atoms with E-state index in [1.165, 1.54) is 27.8 Å². The highest BCUT2D eigenvalue weighted by atomic mass is 16.5. The molecular weight excluding hydrogens is 356 g/mol. The van der Waals surface area contributed by atoms with Gasteiger partial charge in [0.05, 0.1) is 17.6 Å². The Morgan fingerprint density at radius 3 is 2.38 bits per heavy atom. The van der Waals surface area contributed by atoms with Crippen molar-refractivity contribution >= 4 is 11.0 Å². The van der Waals surface area contributed by atoms with Crippen molar-refractivity contribution in [1.82, 2.24) is 9.55 Å². The number of fused-ring (bicyclic) bond motifs is 1. The summed E-state index contributed by atoms with van der Waals surface area (Å²) < 4.78 is 8.43. The molecule has 3 heteroatoms. The van der Waals surface area contributed by atoms with E-state index in [0.717, 1.165) is 43.1 Å². The highest BCUT2D eigenvalue weighted by Crippen LogP contribution is 2.26. The molecule has 4 aromatic rings. The lowest BCUT2D eigenvalue weighted by atomic mass is 10.1. The van der Waals surface area contributed by atoms with Crippen LogP contribution in [-0.2, 0) is 6.54 Å². The summed E-state index contributed by atoms with van der Waals surface area (Å²) in [4.78, 5) is 4.93. The first-order valence-electron chi connectivity index (χ1n) is 10.3. The third-order valence-corrected chi connectivity index (χ3v) is 5.36. The van der Waals surface area contributed by atoms with Gasteiger partial charge in [-0.15, -0.1) is 0 Å². The van der Waals surface area contributed by atoms with Crippen LogP contribution in [0.3, 0.4) is 0 Å². The molecule has 0 saturated heterocycles. The number of benzene rings is 3. The lowest BCUT2D eigenvalue weighted by Gasteiger charge is -2.13. The van der Waals surface area contributed by atoms with Crippen molar-refractivity contribution in [3.63, 3.8) is 0 Å². The Morgan fingerprint density at radius 2 is 1.59 bits per heavy atom. The molecule has 0 spiro atoms. The van der Waals surface area contributed by atoms with E-state index in [1.54, 1.807) is 0 Å². The third-order valence-electron chi connectivity index (χ3n) is 5.36. The van der Waals surface area contributed by atoms with Gasteiger partial charge in [0.25, 0.3) is 0 Å². The van der Waals surface area contributed by atoms with Crippen molar-refractivity contribution in [1.29, 1.82) is 0 Å². The quantitative estimate of drug-likeness (QED) is 0.341. The molecule has 0 saturated carbocycles. The van der Waals surface area contributed by atoms with Crippen LogP contribution in [0.15, 0.2) is 66.7 Å². The summed E-state index contributed by atoms with van der Waals surface area (Å²) in [5.41, 5.74) is 7.08. The molecule has 29 heavy (non-hydrogen) atoms. The minimum atomic E-state index is 0.734. The van der Waals surface area contributed by atoms with Gasteiger partial charge in [0, 0.05) is 12.1 Å². The summed E-state index contributed by atoms with van der Waals surface area (Å²) in [6, 6.07) is 23.3. The van der Waals surface area contributed by atoms with E-state index in [-0.39, 0.29) is 0 Å². The Bertz CT molecular complexity index is 1110. The molecule has 0 fully saturated rings. The Hall–Kier alpha value is -3.07. The largest absolute Gasteiger partial charge is 0.493 e. The van der Waals surface area contributed by atoms with E-state index in [0.29, 0.717) is 0 Å². The Morgan fingerprint density at radius 1 is 0.828 bits per heavy atom. The van der Waals surface area contributed by atoms with Gasteiger partial charge >= 0.3 is 0 Å². The maximum atomic E-state index is 6.08. The SMILES string of the molecule is Cc1cccc(-c2nc3ccccc3n2CCCCOc2c(C)cccc2C)c1. The molecule has 0 amide bonds. The lowest BCUT2D eigenvalue weighted by molar-refractivity contribution is 0.300. The van der Waals surface area contributed by atoms with Crippen LogP contribution < -0.4 is 4.74 Å². The predicted molar refractivity (Wildman–Crippen MR) is 121 cm³/mol. The first kappa shape index (κ1) is 19.3. The normalized spacial score (nSPS) is 11.1. The number of imidazole rings is 1. The first-order valence-corrected chi connectivity index (χ1v) is 10.3. The smallest absolute Gasteiger partial charge is 0.141 e. The molecule has 1 heterocycles. The van der Waals surface area contributed by atoms with E-state index in [1.807, 2.05) is 0 Å². The number of hydrogen-bond acceptors (Lipinski definition) is 2. The molecule has 0 aliphatic rings. The van der Waals surface area contributed by atoms with Crippen molar-refractivity contribution in [2.24, 2.45) is 0 Å². The molecule has 0 aliphatic heterocycles. The standard InChI is InChI=1S/C26H28N2O/c1-19-10-8-13-22(18-19)26-27-23-14-4-5-15-24(23)28(26)16-6-7-17-29-25-20(2)11-9-12-21(25)3/h4-5,8-15,18H,6-7,16-17H2,1-3H3. The average molecular weight is 385 g/mol. The van der Waals surface area contributed by atoms with Gasteiger partial charge in [-0.05, 0) is 62.9 Å². The molecule has 0 N–H and O–H groups in total. The van der Waals surface area contributed by atoms with Crippen molar-refractivity contribution in [3.05, 3.63) is 83.4 Å². The highest BCUT2D eigenvalue weighted by molar-refractivity contribution is 5.80. The van der Waals surface area contributed by atoms with Crippen molar-refractivity contribution in [3.8, 4) is 17.1 Å². The van der Waals surface area contributed by atoms with E-state index < -0.39 is 0 Å². The molecule has 3 nitrogen and oxygen atoms in total. The Balaban J connectivity index is 1.48. The van der Waals surface area contributed by atoms with Gasteiger partial charge in [0.1, 0.15) is 11.6 Å². The lowest BCUT2D eigenvalue weighted by Crippen LogP contribution is -2.05. The summed E-state index contributed by atoms with van der Waals surface area (Å²) >= 11 is 0. The van der Waals surface area contributed by atoms with Gasteiger partial charge in [-0.2, -0.15) is 0 Å². The minimum absolute atomic E-state index is 0.734. The maximum absolute atomic E-state index is 6.08. The van der Waals surface area contributed by atoms with Gasteiger partial charge in [-0.3, -0.25) is 0 Å². The van der Waals surface area contributed by atoms with E-state index >= 15 is 0 Å². The summed E-state index contributed by atoms with van der Waals surface area (Å²) in [5.74, 6) is 2.08. The molecule has 0 atom stereocenters. The zero-order valence-corrected chi connectivity index (χ0v) is 17.5. The number of nitrogens with zero attached hydrogens (tertiary/aromatic N) is 2. The van der Waals surface area contributed by atoms with E-state index in [4.69, 9.17) is 9.72 Å². The number of unbranched alkanes of at least 4 members (excludes halogenated alkanes) is 1. The third kappa shape index (κ3) is 4.19. The first-order chi connectivity index (χ1) is 14.1. The van der Waals surface area contributed by atoms with Gasteiger partial charge in [-0.25, -0.2) is 4.98 Å². The van der Waals surface area contributed by atoms with Crippen LogP contribution in [0.1, 0.15) is 29.5 Å². The number of aromatic nitrogens is 2. The molecule has 148 valence electrons. The highest BCUT2D eigenvalue weighted by Gasteiger charge is 2.12.